The van der Waals surface area contributed by atoms with Crippen molar-refractivity contribution in [2.24, 2.45) is 11.7 Å². The van der Waals surface area contributed by atoms with Crippen LogP contribution in [0.1, 0.15) is 32.1 Å². The van der Waals surface area contributed by atoms with Crippen LogP contribution in [0.5, 0.6) is 0 Å². The molecule has 0 bridgehead atoms. The van der Waals surface area contributed by atoms with Gasteiger partial charge in [-0.2, -0.15) is 0 Å². The minimum Gasteiger partial charge on any atom is -0.381 e. The van der Waals surface area contributed by atoms with E-state index in [1.165, 1.54) is 38.8 Å². The summed E-state index contributed by atoms with van der Waals surface area (Å²) >= 11 is 0. The van der Waals surface area contributed by atoms with Gasteiger partial charge in [0.1, 0.15) is 0 Å². The van der Waals surface area contributed by atoms with Gasteiger partial charge in [-0.15, -0.1) is 0 Å². The summed E-state index contributed by atoms with van der Waals surface area (Å²) in [4.78, 5) is 2.67. The summed E-state index contributed by atoms with van der Waals surface area (Å²) in [6, 6.07) is 0.769. The molecule has 0 aromatic carbocycles. The molecule has 3 heteroatoms. The zero-order valence-corrected chi connectivity index (χ0v) is 9.66. The van der Waals surface area contributed by atoms with Crippen molar-refractivity contribution >= 4 is 0 Å². The van der Waals surface area contributed by atoms with Gasteiger partial charge in [-0.1, -0.05) is 0 Å². The van der Waals surface area contributed by atoms with Crippen LogP contribution in [0.4, 0.5) is 0 Å². The van der Waals surface area contributed by atoms with Gasteiger partial charge in [-0.3, -0.25) is 4.90 Å². The standard InChI is InChI=1S/C12H24N2O/c13-6-1-7-14(10-11-2-3-11)12-4-8-15-9-5-12/h11-12H,1-10,13H2. The van der Waals surface area contributed by atoms with Gasteiger partial charge < -0.3 is 10.5 Å². The second kappa shape index (κ2) is 5.83. The van der Waals surface area contributed by atoms with Crippen molar-refractivity contribution in [3.8, 4) is 0 Å². The highest BCUT2D eigenvalue weighted by Crippen LogP contribution is 2.31. The molecule has 3 nitrogen and oxygen atoms in total. The lowest BCUT2D eigenvalue weighted by atomic mass is 10.1. The molecule has 0 aromatic heterocycles. The highest BCUT2D eigenvalue weighted by Gasteiger charge is 2.28. The van der Waals surface area contributed by atoms with Crippen LogP contribution in [0.3, 0.4) is 0 Å². The normalized spacial score (nSPS) is 23.6. The van der Waals surface area contributed by atoms with Crippen molar-refractivity contribution in [3.05, 3.63) is 0 Å². The molecule has 0 amide bonds. The van der Waals surface area contributed by atoms with Gasteiger partial charge in [0, 0.05) is 25.8 Å². The summed E-state index contributed by atoms with van der Waals surface area (Å²) in [7, 11) is 0. The molecule has 1 aliphatic heterocycles. The average molecular weight is 212 g/mol. The highest BCUT2D eigenvalue weighted by atomic mass is 16.5. The van der Waals surface area contributed by atoms with Gasteiger partial charge in [0.15, 0.2) is 0 Å². The van der Waals surface area contributed by atoms with Gasteiger partial charge in [-0.05, 0) is 51.1 Å². The number of hydrogen-bond acceptors (Lipinski definition) is 3. The largest absolute Gasteiger partial charge is 0.381 e. The highest BCUT2D eigenvalue weighted by molar-refractivity contribution is 4.82. The number of hydrogen-bond donors (Lipinski definition) is 1. The molecule has 0 spiro atoms. The first kappa shape index (κ1) is 11.4. The molecule has 1 saturated heterocycles. The Labute approximate surface area is 93.0 Å². The maximum absolute atomic E-state index is 5.60. The fourth-order valence-corrected chi connectivity index (χ4v) is 2.40. The molecule has 88 valence electrons. The lowest BCUT2D eigenvalue weighted by molar-refractivity contribution is 0.0321. The van der Waals surface area contributed by atoms with Crippen LogP contribution in [0.15, 0.2) is 0 Å². The molecule has 15 heavy (non-hydrogen) atoms. The summed E-state index contributed by atoms with van der Waals surface area (Å²) in [5.74, 6) is 0.991. The molecule has 2 N–H and O–H groups in total. The molecular weight excluding hydrogens is 188 g/mol. The summed E-state index contributed by atoms with van der Waals surface area (Å²) in [6.45, 7) is 5.23. The predicted molar refractivity (Wildman–Crippen MR) is 61.8 cm³/mol. The first-order chi connectivity index (χ1) is 7.40. The second-order valence-corrected chi connectivity index (χ2v) is 4.92. The SMILES string of the molecule is NCCCN(CC1CC1)C1CCOCC1. The Kier molecular flexibility index (Phi) is 4.42. The Morgan fingerprint density at radius 3 is 2.47 bits per heavy atom. The van der Waals surface area contributed by atoms with E-state index < -0.39 is 0 Å². The topological polar surface area (TPSA) is 38.5 Å². The van der Waals surface area contributed by atoms with Gasteiger partial charge in [-0.25, -0.2) is 0 Å². The molecule has 0 aromatic rings. The van der Waals surface area contributed by atoms with E-state index >= 15 is 0 Å². The van der Waals surface area contributed by atoms with E-state index in [0.29, 0.717) is 0 Å². The summed E-state index contributed by atoms with van der Waals surface area (Å²) in [5.41, 5.74) is 5.60. The van der Waals surface area contributed by atoms with Gasteiger partial charge >= 0.3 is 0 Å². The number of nitrogens with two attached hydrogens (primary N) is 1. The van der Waals surface area contributed by atoms with Crippen molar-refractivity contribution in [1.82, 2.24) is 4.90 Å². The Hall–Kier alpha value is -0.120. The van der Waals surface area contributed by atoms with Gasteiger partial charge in [0.05, 0.1) is 0 Å². The van der Waals surface area contributed by atoms with E-state index in [1.54, 1.807) is 0 Å². The molecule has 0 atom stereocenters. The van der Waals surface area contributed by atoms with Crippen LogP contribution < -0.4 is 5.73 Å². The molecule has 1 aliphatic carbocycles. The number of nitrogens with zero attached hydrogens (tertiary/aromatic N) is 1. The van der Waals surface area contributed by atoms with Gasteiger partial charge in [0.2, 0.25) is 0 Å². The van der Waals surface area contributed by atoms with Crippen LogP contribution in [-0.2, 0) is 4.74 Å². The van der Waals surface area contributed by atoms with Crippen molar-refractivity contribution in [3.63, 3.8) is 0 Å². The second-order valence-electron chi connectivity index (χ2n) is 4.92. The third kappa shape index (κ3) is 3.74. The van der Waals surface area contributed by atoms with Crippen LogP contribution >= 0.6 is 0 Å². The van der Waals surface area contributed by atoms with E-state index in [4.69, 9.17) is 10.5 Å². The van der Waals surface area contributed by atoms with E-state index in [2.05, 4.69) is 4.90 Å². The van der Waals surface area contributed by atoms with Gasteiger partial charge in [0.25, 0.3) is 0 Å². The van der Waals surface area contributed by atoms with Crippen LogP contribution in [0, 0.1) is 5.92 Å². The maximum atomic E-state index is 5.60. The van der Waals surface area contributed by atoms with Crippen LogP contribution in [0.2, 0.25) is 0 Å². The quantitative estimate of drug-likeness (QED) is 0.719. The summed E-state index contributed by atoms with van der Waals surface area (Å²) in [6.07, 6.45) is 6.48. The first-order valence-corrected chi connectivity index (χ1v) is 6.42. The van der Waals surface area contributed by atoms with E-state index in [9.17, 15) is 0 Å². The Bertz CT molecular complexity index is 176. The molecule has 0 unspecified atom stereocenters. The Balaban J connectivity index is 1.78. The average Bonchev–Trinajstić information content (AvgIpc) is 3.09. The molecule has 1 heterocycles. The Morgan fingerprint density at radius 1 is 1.13 bits per heavy atom. The minimum atomic E-state index is 0.769. The van der Waals surface area contributed by atoms with E-state index in [1.807, 2.05) is 0 Å². The van der Waals surface area contributed by atoms with E-state index in [0.717, 1.165) is 38.1 Å². The lowest BCUT2D eigenvalue weighted by Crippen LogP contribution is -2.41. The zero-order valence-electron chi connectivity index (χ0n) is 9.66. The molecule has 2 aliphatic rings. The van der Waals surface area contributed by atoms with E-state index in [-0.39, 0.29) is 0 Å². The number of ether oxygens (including phenoxy) is 1. The minimum absolute atomic E-state index is 0.769. The molecular formula is C12H24N2O. The fraction of sp³-hybridized carbons (Fsp3) is 1.00. The third-order valence-electron chi connectivity index (χ3n) is 3.55. The Morgan fingerprint density at radius 2 is 1.87 bits per heavy atom. The van der Waals surface area contributed by atoms with Crippen molar-refractivity contribution in [2.75, 3.05) is 32.8 Å². The molecule has 2 fully saturated rings. The van der Waals surface area contributed by atoms with Crippen LogP contribution in [-0.4, -0.2) is 43.8 Å². The molecule has 2 rings (SSSR count). The van der Waals surface area contributed by atoms with Crippen molar-refractivity contribution < 1.29 is 4.74 Å². The fourth-order valence-electron chi connectivity index (χ4n) is 2.40. The maximum Gasteiger partial charge on any atom is 0.0480 e. The third-order valence-corrected chi connectivity index (χ3v) is 3.55. The summed E-state index contributed by atoms with van der Waals surface area (Å²) < 4.78 is 5.42. The zero-order chi connectivity index (χ0) is 10.5. The monoisotopic (exact) mass is 212 g/mol. The smallest absolute Gasteiger partial charge is 0.0480 e. The van der Waals surface area contributed by atoms with Crippen LogP contribution in [0.25, 0.3) is 0 Å². The lowest BCUT2D eigenvalue weighted by Gasteiger charge is -2.34. The van der Waals surface area contributed by atoms with Crippen molar-refractivity contribution in [2.45, 2.75) is 38.1 Å². The molecule has 0 radical (unpaired) electrons. The molecule has 1 saturated carbocycles. The summed E-state index contributed by atoms with van der Waals surface area (Å²) in [5, 5.41) is 0. The predicted octanol–water partition coefficient (Wildman–Crippen LogP) is 1.23. The van der Waals surface area contributed by atoms with Crippen molar-refractivity contribution in [1.29, 1.82) is 0 Å². The first-order valence-electron chi connectivity index (χ1n) is 6.42. The number of rotatable bonds is 6.